The van der Waals surface area contributed by atoms with Crippen molar-refractivity contribution in [3.63, 3.8) is 0 Å². The summed E-state index contributed by atoms with van der Waals surface area (Å²) in [7, 11) is -5.45. The highest BCUT2D eigenvalue weighted by Crippen LogP contribution is 2.51. The summed E-state index contributed by atoms with van der Waals surface area (Å²) in [5.41, 5.74) is 1.17. The van der Waals surface area contributed by atoms with Gasteiger partial charge in [0.2, 0.25) is 12.4 Å². The van der Waals surface area contributed by atoms with Gasteiger partial charge in [0.15, 0.2) is 24.6 Å². The molecule has 2 saturated heterocycles. The second kappa shape index (κ2) is 28.6. The molecular formula is C51H62O19P2. The Morgan fingerprint density at radius 1 is 0.431 bits per heavy atom. The van der Waals surface area contributed by atoms with E-state index in [1.807, 2.05) is 0 Å². The molecule has 0 spiro atoms. The van der Waals surface area contributed by atoms with Crippen LogP contribution in [0.25, 0.3) is 0 Å². The van der Waals surface area contributed by atoms with Crippen molar-refractivity contribution in [1.82, 2.24) is 0 Å². The molecule has 4 aromatic rings. The predicted octanol–water partition coefficient (Wildman–Crippen LogP) is 8.85. The van der Waals surface area contributed by atoms with Crippen molar-refractivity contribution in [1.29, 1.82) is 0 Å². The van der Waals surface area contributed by atoms with E-state index in [0.29, 0.717) is 11.1 Å². The number of esters is 5. The van der Waals surface area contributed by atoms with Gasteiger partial charge in [-0.05, 0) is 89.1 Å². The summed E-state index contributed by atoms with van der Waals surface area (Å²) >= 11 is 0. The standard InChI is InChI=1S/C26H31O10P.C25H31O9P/c1-4-31-37(30,32-5-2)17-16-21-22(35-24(28)19-12-8-6-9-13-19)23(26(34-21)33-18(3)27)36-25(29)20-14-10-7-11-15-20;1-4-30-35(28,31-5-2)17-16-20-21(33-23(26)18-12-8-6-9-13-18)22(25(29-3)32-20)34-24(27)19-14-10-7-11-15-19/h6-15,21-23,26H,4-5,16-17H2,1-3H3;6-15,20-22,25H,4-5,16-17H2,1-3H3/t21-,22-,23-,26?;20-,21-,22-,25?/m11/s1. The molecular weight excluding hydrogens is 978 g/mol. The number of carbonyl (C=O) groups is 5. The Morgan fingerprint density at radius 3 is 0.986 bits per heavy atom. The van der Waals surface area contributed by atoms with E-state index in [1.165, 1.54) is 14.0 Å². The number of methoxy groups -OCH3 is 1. The van der Waals surface area contributed by atoms with Crippen molar-refractivity contribution in [2.24, 2.45) is 0 Å². The van der Waals surface area contributed by atoms with Gasteiger partial charge in [-0.3, -0.25) is 13.9 Å². The third-order valence-electron chi connectivity index (χ3n) is 10.7. The average molecular weight is 1040 g/mol. The molecule has 2 aliphatic heterocycles. The second-order valence-corrected chi connectivity index (χ2v) is 20.2. The van der Waals surface area contributed by atoms with Crippen LogP contribution in [0.15, 0.2) is 121 Å². The lowest BCUT2D eigenvalue weighted by molar-refractivity contribution is -0.186. The Morgan fingerprint density at radius 2 is 0.708 bits per heavy atom. The molecule has 0 N–H and O–H groups in total. The van der Waals surface area contributed by atoms with Crippen LogP contribution in [-0.4, -0.2) is 125 Å². The summed E-state index contributed by atoms with van der Waals surface area (Å²) < 4.78 is 92.9. The van der Waals surface area contributed by atoms with Gasteiger partial charge >= 0.3 is 45.0 Å². The first-order valence-electron chi connectivity index (χ1n) is 23.5. The van der Waals surface area contributed by atoms with Crippen LogP contribution >= 0.6 is 15.2 Å². The van der Waals surface area contributed by atoms with Crippen molar-refractivity contribution in [3.8, 4) is 0 Å². The third-order valence-corrected chi connectivity index (χ3v) is 15.0. The quantitative estimate of drug-likeness (QED) is 0.0362. The van der Waals surface area contributed by atoms with Gasteiger partial charge in [0.1, 0.15) is 12.2 Å². The minimum Gasteiger partial charge on any atom is -0.452 e. The van der Waals surface area contributed by atoms with Crippen molar-refractivity contribution < 1.29 is 89.1 Å². The lowest BCUT2D eigenvalue weighted by Crippen LogP contribution is -2.41. The maximum Gasteiger partial charge on any atom is 0.338 e. The molecule has 0 amide bonds. The average Bonchev–Trinajstić information content (AvgIpc) is 3.87. The summed E-state index contributed by atoms with van der Waals surface area (Å²) in [5, 5.41) is 0. The highest BCUT2D eigenvalue weighted by atomic mass is 31.2. The Kier molecular flexibility index (Phi) is 22.8. The van der Waals surface area contributed by atoms with E-state index in [1.54, 1.807) is 149 Å². The summed E-state index contributed by atoms with van der Waals surface area (Å²) in [6.07, 6.45) is -8.46. The van der Waals surface area contributed by atoms with Crippen molar-refractivity contribution >= 4 is 45.0 Å². The fourth-order valence-corrected chi connectivity index (χ4v) is 11.0. The van der Waals surface area contributed by atoms with Gasteiger partial charge in [0.25, 0.3) is 0 Å². The van der Waals surface area contributed by atoms with Crippen LogP contribution < -0.4 is 0 Å². The molecule has 0 aromatic heterocycles. The Balaban J connectivity index is 0.000000268. The zero-order valence-electron chi connectivity index (χ0n) is 41.0. The van der Waals surface area contributed by atoms with E-state index in [9.17, 15) is 33.1 Å². The maximum absolute atomic E-state index is 13.0. The highest BCUT2D eigenvalue weighted by molar-refractivity contribution is 7.54. The fourth-order valence-electron chi connectivity index (χ4n) is 7.58. The monoisotopic (exact) mass is 1040 g/mol. The minimum atomic E-state index is -3.47. The number of hydrogen-bond donors (Lipinski definition) is 0. The van der Waals surface area contributed by atoms with E-state index in [-0.39, 0.29) is 62.7 Å². The van der Waals surface area contributed by atoms with Crippen molar-refractivity contribution in [2.45, 2.75) is 96.7 Å². The Hall–Kier alpha value is -5.59. The summed E-state index contributed by atoms with van der Waals surface area (Å²) in [4.78, 5) is 63.3. The van der Waals surface area contributed by atoms with Crippen LogP contribution in [0.4, 0.5) is 0 Å². The largest absolute Gasteiger partial charge is 0.452 e. The topological polar surface area (TPSA) is 230 Å². The number of ether oxygens (including phenoxy) is 8. The van der Waals surface area contributed by atoms with Gasteiger partial charge in [-0.25, -0.2) is 19.2 Å². The first-order valence-corrected chi connectivity index (χ1v) is 26.9. The third kappa shape index (κ3) is 16.7. The van der Waals surface area contributed by atoms with Crippen LogP contribution in [0, 0.1) is 0 Å². The Labute approximate surface area is 419 Å². The molecule has 390 valence electrons. The molecule has 4 aromatic carbocycles. The molecule has 2 unspecified atom stereocenters. The molecule has 72 heavy (non-hydrogen) atoms. The molecule has 0 aliphatic carbocycles. The zero-order valence-corrected chi connectivity index (χ0v) is 42.8. The fraction of sp³-hybridized carbons (Fsp3) is 0.431. The molecule has 0 radical (unpaired) electrons. The first-order chi connectivity index (χ1) is 34.7. The highest BCUT2D eigenvalue weighted by Gasteiger charge is 2.53. The molecule has 21 heteroatoms. The molecule has 0 bridgehead atoms. The van der Waals surface area contributed by atoms with Crippen LogP contribution in [0.3, 0.4) is 0 Å². The number of hydrogen-bond acceptors (Lipinski definition) is 19. The van der Waals surface area contributed by atoms with Gasteiger partial charge < -0.3 is 56.0 Å². The van der Waals surface area contributed by atoms with Crippen LogP contribution in [-0.2, 0) is 69.9 Å². The summed E-state index contributed by atoms with van der Waals surface area (Å²) in [6, 6.07) is 33.3. The lowest BCUT2D eigenvalue weighted by atomic mass is 10.1. The van der Waals surface area contributed by atoms with Gasteiger partial charge in [-0.15, -0.1) is 0 Å². The Bertz CT molecular complexity index is 2410. The maximum atomic E-state index is 13.0. The summed E-state index contributed by atoms with van der Waals surface area (Å²) in [6.45, 7) is 8.78. The van der Waals surface area contributed by atoms with Crippen molar-refractivity contribution in [2.75, 3.05) is 45.9 Å². The van der Waals surface area contributed by atoms with Crippen LogP contribution in [0.5, 0.6) is 0 Å². The predicted molar refractivity (Wildman–Crippen MR) is 259 cm³/mol. The van der Waals surface area contributed by atoms with E-state index in [0.717, 1.165) is 0 Å². The minimum absolute atomic E-state index is 0.0223. The number of benzene rings is 4. The van der Waals surface area contributed by atoms with E-state index < -0.39 is 94.2 Å². The van der Waals surface area contributed by atoms with Crippen LogP contribution in [0.2, 0.25) is 0 Å². The van der Waals surface area contributed by atoms with Gasteiger partial charge in [0, 0.05) is 14.0 Å². The van der Waals surface area contributed by atoms with Gasteiger partial charge in [0.05, 0.1) is 61.0 Å². The smallest absolute Gasteiger partial charge is 0.338 e. The van der Waals surface area contributed by atoms with Gasteiger partial charge in [-0.1, -0.05) is 72.8 Å². The second-order valence-electron chi connectivity index (χ2n) is 15.8. The molecule has 2 fully saturated rings. The molecule has 6 rings (SSSR count). The molecule has 2 heterocycles. The van der Waals surface area contributed by atoms with E-state index >= 15 is 0 Å². The molecule has 8 atom stereocenters. The van der Waals surface area contributed by atoms with E-state index in [4.69, 9.17) is 56.0 Å². The van der Waals surface area contributed by atoms with E-state index in [2.05, 4.69) is 0 Å². The lowest BCUT2D eigenvalue weighted by Gasteiger charge is -2.25. The van der Waals surface area contributed by atoms with Crippen molar-refractivity contribution in [3.05, 3.63) is 144 Å². The molecule has 0 saturated carbocycles. The number of rotatable bonds is 24. The summed E-state index contributed by atoms with van der Waals surface area (Å²) in [5.74, 6) is -3.33. The SMILES string of the molecule is CCOP(=O)(CC[C@H]1OC(OC(C)=O)[C@H](OC(=O)c2ccccc2)[C@@H]1OC(=O)c1ccccc1)OCC.CCOP(=O)(CC[C@H]1OC(OC)[C@H](OC(=O)c2ccccc2)[C@@H]1OC(=O)c1ccccc1)OCC. The van der Waals surface area contributed by atoms with Crippen LogP contribution in [0.1, 0.15) is 88.9 Å². The molecule has 19 nitrogen and oxygen atoms in total. The zero-order chi connectivity index (χ0) is 52.1. The number of carbonyl (C=O) groups excluding carboxylic acids is 5. The first kappa shape index (κ1) is 57.3. The van der Waals surface area contributed by atoms with Gasteiger partial charge in [-0.2, -0.15) is 0 Å². The normalized spacial score (nSPS) is 21.6. The molecule has 2 aliphatic rings.